The second-order valence-corrected chi connectivity index (χ2v) is 6.61. The second kappa shape index (κ2) is 10.7. The van der Waals surface area contributed by atoms with Crippen molar-refractivity contribution in [1.29, 1.82) is 0 Å². The maximum atomic E-state index is 5.96. The lowest BCUT2D eigenvalue weighted by Gasteiger charge is -2.24. The molecule has 0 spiro atoms. The van der Waals surface area contributed by atoms with E-state index in [4.69, 9.17) is 4.74 Å². The van der Waals surface area contributed by atoms with Crippen LogP contribution in [0.2, 0.25) is 0 Å². The Bertz CT molecular complexity index is 689. The summed E-state index contributed by atoms with van der Waals surface area (Å²) in [6.45, 7) is 3.51. The van der Waals surface area contributed by atoms with Crippen LogP contribution in [0.4, 0.5) is 0 Å². The van der Waals surface area contributed by atoms with Crippen LogP contribution in [0.15, 0.2) is 52.1 Å². The first-order valence-electron chi connectivity index (χ1n) is 7.94. The number of hydrogen-bond acceptors (Lipinski definition) is 2. The number of nitrogens with zero attached hydrogens (tertiary/aromatic N) is 3. The standard InChI is InChI=1S/C18H25BrN4O.HI/c1-14(24-17-10-6-5-9-16(17)19)12-21-18(20-2)23(4)13-15-8-7-11-22(15)3;/h5-11,14H,12-13H2,1-4H3,(H,20,21);1H. The minimum absolute atomic E-state index is 0. The van der Waals surface area contributed by atoms with Crippen LogP contribution in [0.25, 0.3) is 0 Å². The highest BCUT2D eigenvalue weighted by Crippen LogP contribution is 2.24. The van der Waals surface area contributed by atoms with Gasteiger partial charge in [-0.05, 0) is 47.1 Å². The number of ether oxygens (including phenoxy) is 1. The Balaban J connectivity index is 0.00000312. The van der Waals surface area contributed by atoms with E-state index in [2.05, 4.69) is 41.8 Å². The summed E-state index contributed by atoms with van der Waals surface area (Å²) in [5.74, 6) is 1.69. The van der Waals surface area contributed by atoms with Crippen LogP contribution in [0.5, 0.6) is 5.75 Å². The Morgan fingerprint density at radius 1 is 1.32 bits per heavy atom. The number of aromatic nitrogens is 1. The average Bonchev–Trinajstić information content (AvgIpc) is 2.95. The zero-order chi connectivity index (χ0) is 17.5. The molecule has 2 rings (SSSR count). The highest BCUT2D eigenvalue weighted by atomic mass is 127. The Labute approximate surface area is 175 Å². The third kappa shape index (κ3) is 6.54. The van der Waals surface area contributed by atoms with Crippen molar-refractivity contribution in [2.75, 3.05) is 20.6 Å². The molecule has 0 fully saturated rings. The van der Waals surface area contributed by atoms with E-state index in [0.717, 1.165) is 22.7 Å². The van der Waals surface area contributed by atoms with Gasteiger partial charge in [0.05, 0.1) is 17.6 Å². The lowest BCUT2D eigenvalue weighted by Crippen LogP contribution is -2.42. The van der Waals surface area contributed by atoms with Crippen molar-refractivity contribution in [1.82, 2.24) is 14.8 Å². The SMILES string of the molecule is CN=C(NCC(C)Oc1ccccc1Br)N(C)Cc1cccn1C.I. The molecule has 1 aromatic carbocycles. The average molecular weight is 521 g/mol. The maximum absolute atomic E-state index is 5.96. The summed E-state index contributed by atoms with van der Waals surface area (Å²) in [5.41, 5.74) is 1.23. The third-order valence-electron chi connectivity index (χ3n) is 3.74. The Morgan fingerprint density at radius 3 is 2.64 bits per heavy atom. The summed E-state index contributed by atoms with van der Waals surface area (Å²) in [5, 5.41) is 3.37. The molecular weight excluding hydrogens is 495 g/mol. The molecule has 1 atom stereocenters. The number of guanidine groups is 1. The van der Waals surface area contributed by atoms with Gasteiger partial charge in [-0.15, -0.1) is 24.0 Å². The quantitative estimate of drug-likeness (QED) is 0.357. The largest absolute Gasteiger partial charge is 0.488 e. The zero-order valence-electron chi connectivity index (χ0n) is 15.1. The number of aryl methyl sites for hydroxylation is 1. The molecule has 0 aliphatic heterocycles. The van der Waals surface area contributed by atoms with E-state index in [9.17, 15) is 0 Å². The first-order chi connectivity index (χ1) is 11.5. The number of aliphatic imine (C=N–C) groups is 1. The predicted octanol–water partition coefficient (Wildman–Crippen LogP) is 3.88. The molecule has 138 valence electrons. The second-order valence-electron chi connectivity index (χ2n) is 5.75. The van der Waals surface area contributed by atoms with Crippen molar-refractivity contribution in [2.45, 2.75) is 19.6 Å². The molecule has 0 aliphatic rings. The normalized spacial score (nSPS) is 12.3. The fraction of sp³-hybridized carbons (Fsp3) is 0.389. The molecule has 0 radical (unpaired) electrons. The van der Waals surface area contributed by atoms with Crippen LogP contribution < -0.4 is 10.1 Å². The molecule has 1 aromatic heterocycles. The molecule has 0 aliphatic carbocycles. The van der Waals surface area contributed by atoms with Gasteiger partial charge in [0.15, 0.2) is 5.96 Å². The van der Waals surface area contributed by atoms with Crippen LogP contribution in [-0.4, -0.2) is 42.2 Å². The molecule has 0 saturated heterocycles. The van der Waals surface area contributed by atoms with Crippen molar-refractivity contribution >= 4 is 45.9 Å². The monoisotopic (exact) mass is 520 g/mol. The fourth-order valence-corrected chi connectivity index (χ4v) is 2.78. The van der Waals surface area contributed by atoms with Crippen molar-refractivity contribution in [3.63, 3.8) is 0 Å². The van der Waals surface area contributed by atoms with E-state index in [1.54, 1.807) is 7.05 Å². The van der Waals surface area contributed by atoms with Crippen LogP contribution in [0.3, 0.4) is 0 Å². The van der Waals surface area contributed by atoms with Gasteiger partial charge in [0.2, 0.25) is 0 Å². The molecule has 0 amide bonds. The smallest absolute Gasteiger partial charge is 0.193 e. The molecule has 1 unspecified atom stereocenters. The summed E-state index contributed by atoms with van der Waals surface area (Å²) < 4.78 is 9.03. The van der Waals surface area contributed by atoms with Gasteiger partial charge >= 0.3 is 0 Å². The van der Waals surface area contributed by atoms with Crippen LogP contribution >= 0.6 is 39.9 Å². The zero-order valence-corrected chi connectivity index (χ0v) is 19.0. The highest BCUT2D eigenvalue weighted by Gasteiger charge is 2.11. The summed E-state index contributed by atoms with van der Waals surface area (Å²) >= 11 is 3.50. The molecule has 5 nitrogen and oxygen atoms in total. The van der Waals surface area contributed by atoms with E-state index in [1.807, 2.05) is 57.5 Å². The van der Waals surface area contributed by atoms with Gasteiger partial charge in [-0.1, -0.05) is 12.1 Å². The predicted molar refractivity (Wildman–Crippen MR) is 118 cm³/mol. The molecule has 2 aromatic rings. The minimum atomic E-state index is 0. The van der Waals surface area contributed by atoms with Crippen molar-refractivity contribution in [3.05, 3.63) is 52.8 Å². The molecule has 0 saturated carbocycles. The Kier molecular flexibility index (Phi) is 9.34. The van der Waals surface area contributed by atoms with E-state index < -0.39 is 0 Å². The van der Waals surface area contributed by atoms with Crippen molar-refractivity contribution in [2.24, 2.45) is 12.0 Å². The summed E-state index contributed by atoms with van der Waals surface area (Å²) in [7, 11) is 5.87. The van der Waals surface area contributed by atoms with Crippen LogP contribution in [-0.2, 0) is 13.6 Å². The number of benzene rings is 1. The van der Waals surface area contributed by atoms with E-state index in [-0.39, 0.29) is 30.1 Å². The van der Waals surface area contributed by atoms with Crippen LogP contribution in [0, 0.1) is 0 Å². The summed E-state index contributed by atoms with van der Waals surface area (Å²) in [4.78, 5) is 6.45. The van der Waals surface area contributed by atoms with Gasteiger partial charge in [0.25, 0.3) is 0 Å². The van der Waals surface area contributed by atoms with Gasteiger partial charge in [0, 0.05) is 33.0 Å². The van der Waals surface area contributed by atoms with Gasteiger partial charge in [-0.25, -0.2) is 0 Å². The first kappa shape index (κ1) is 21.8. The van der Waals surface area contributed by atoms with E-state index >= 15 is 0 Å². The topological polar surface area (TPSA) is 41.8 Å². The third-order valence-corrected chi connectivity index (χ3v) is 4.39. The number of nitrogens with one attached hydrogen (secondary N) is 1. The molecule has 7 heteroatoms. The Hall–Kier alpha value is -1.22. The van der Waals surface area contributed by atoms with Crippen molar-refractivity contribution in [3.8, 4) is 5.75 Å². The number of hydrogen-bond donors (Lipinski definition) is 1. The lowest BCUT2D eigenvalue weighted by molar-refractivity contribution is 0.221. The fourth-order valence-electron chi connectivity index (χ4n) is 2.40. The Morgan fingerprint density at radius 2 is 2.04 bits per heavy atom. The highest BCUT2D eigenvalue weighted by molar-refractivity contribution is 14.0. The molecule has 0 bridgehead atoms. The van der Waals surface area contributed by atoms with E-state index in [0.29, 0.717) is 6.54 Å². The summed E-state index contributed by atoms with van der Waals surface area (Å²) in [6, 6.07) is 12.0. The van der Waals surface area contributed by atoms with Gasteiger partial charge in [-0.3, -0.25) is 4.99 Å². The van der Waals surface area contributed by atoms with Gasteiger partial charge in [0.1, 0.15) is 11.9 Å². The first-order valence-corrected chi connectivity index (χ1v) is 8.73. The molecule has 1 N–H and O–H groups in total. The van der Waals surface area contributed by atoms with Crippen LogP contribution in [0.1, 0.15) is 12.6 Å². The summed E-state index contributed by atoms with van der Waals surface area (Å²) in [6.07, 6.45) is 2.07. The lowest BCUT2D eigenvalue weighted by atomic mass is 10.3. The molecule has 1 heterocycles. The maximum Gasteiger partial charge on any atom is 0.193 e. The molecule has 25 heavy (non-hydrogen) atoms. The van der Waals surface area contributed by atoms with E-state index in [1.165, 1.54) is 5.69 Å². The van der Waals surface area contributed by atoms with Gasteiger partial charge < -0.3 is 19.5 Å². The molecular formula is C18H26BrIN4O. The number of para-hydroxylation sites is 1. The van der Waals surface area contributed by atoms with Crippen molar-refractivity contribution < 1.29 is 4.74 Å². The number of rotatable bonds is 6. The number of halogens is 2. The minimum Gasteiger partial charge on any atom is -0.488 e. The van der Waals surface area contributed by atoms with Gasteiger partial charge in [-0.2, -0.15) is 0 Å².